The second kappa shape index (κ2) is 9.75. The summed E-state index contributed by atoms with van der Waals surface area (Å²) in [7, 11) is 3.11. The third-order valence-corrected chi connectivity index (χ3v) is 5.49. The number of carbonyl (C=O) groups is 1. The Hall–Kier alpha value is -4.54. The van der Waals surface area contributed by atoms with E-state index in [4.69, 9.17) is 18.9 Å². The molecule has 3 heterocycles. The van der Waals surface area contributed by atoms with Crippen LogP contribution in [0.25, 0.3) is 5.65 Å². The van der Waals surface area contributed by atoms with Crippen molar-refractivity contribution >= 4 is 23.1 Å². The number of aryl methyl sites for hydroxylation is 1. The number of benzene rings is 2. The number of ether oxygens (including phenoxy) is 4. The summed E-state index contributed by atoms with van der Waals surface area (Å²) in [6.07, 6.45) is 0.551. The number of carbonyl (C=O) groups excluding carboxylic acids is 1. The van der Waals surface area contributed by atoms with Crippen molar-refractivity contribution in [3.63, 3.8) is 0 Å². The number of hydrogen-bond acceptors (Lipinski definition) is 9. The molecule has 2 aromatic carbocycles. The molecule has 1 aliphatic rings. The minimum absolute atomic E-state index is 0.189. The van der Waals surface area contributed by atoms with Crippen LogP contribution in [-0.4, -0.2) is 46.7 Å². The van der Waals surface area contributed by atoms with Crippen molar-refractivity contribution in [1.29, 1.82) is 0 Å². The number of nitrogens with one attached hydrogen (secondary N) is 2. The first kappa shape index (κ1) is 22.3. The molecule has 0 spiro atoms. The average Bonchev–Trinajstić information content (AvgIpc) is 3.52. The number of amides is 1. The molecule has 2 aromatic heterocycles. The third kappa shape index (κ3) is 4.88. The van der Waals surface area contributed by atoms with Crippen LogP contribution in [0.3, 0.4) is 0 Å². The average molecular weight is 476 g/mol. The van der Waals surface area contributed by atoms with Gasteiger partial charge in [-0.25, -0.2) is 0 Å². The van der Waals surface area contributed by atoms with Gasteiger partial charge in [-0.05, 0) is 42.0 Å². The highest BCUT2D eigenvalue weighted by Crippen LogP contribution is 2.32. The highest BCUT2D eigenvalue weighted by Gasteiger charge is 2.15. The number of aromatic nitrogens is 4. The Morgan fingerprint density at radius 2 is 1.91 bits per heavy atom. The lowest BCUT2D eigenvalue weighted by molar-refractivity contribution is -0.116. The van der Waals surface area contributed by atoms with Gasteiger partial charge in [-0.3, -0.25) is 4.79 Å². The SMILES string of the molecule is COc1ccc(OC)c(NC(=O)CCc2nnc3ccc(NCc4ccc5c(c4)OCO5)nn23)c1. The summed E-state index contributed by atoms with van der Waals surface area (Å²) < 4.78 is 23.0. The highest BCUT2D eigenvalue weighted by molar-refractivity contribution is 5.92. The van der Waals surface area contributed by atoms with Crippen LogP contribution < -0.4 is 29.6 Å². The molecule has 0 aliphatic carbocycles. The Bertz CT molecular complexity index is 1370. The molecule has 11 nitrogen and oxygen atoms in total. The van der Waals surface area contributed by atoms with Crippen LogP contribution in [0.4, 0.5) is 11.5 Å². The fourth-order valence-electron chi connectivity index (χ4n) is 3.68. The summed E-state index contributed by atoms with van der Waals surface area (Å²) in [5, 5.41) is 19.1. The number of hydrogen-bond donors (Lipinski definition) is 2. The second-order valence-electron chi connectivity index (χ2n) is 7.76. The monoisotopic (exact) mass is 476 g/mol. The van der Waals surface area contributed by atoms with Crippen LogP contribution in [0.15, 0.2) is 48.5 Å². The summed E-state index contributed by atoms with van der Waals surface area (Å²) in [5.74, 6) is 3.70. The van der Waals surface area contributed by atoms with Crippen molar-refractivity contribution in [1.82, 2.24) is 19.8 Å². The Kier molecular flexibility index (Phi) is 6.20. The lowest BCUT2D eigenvalue weighted by Crippen LogP contribution is -2.14. The van der Waals surface area contributed by atoms with Gasteiger partial charge in [0.05, 0.1) is 19.9 Å². The maximum absolute atomic E-state index is 12.6. The Balaban J connectivity index is 1.23. The summed E-state index contributed by atoms with van der Waals surface area (Å²) in [5.41, 5.74) is 2.17. The summed E-state index contributed by atoms with van der Waals surface area (Å²) >= 11 is 0. The van der Waals surface area contributed by atoms with Gasteiger partial charge in [0.1, 0.15) is 17.3 Å². The summed E-state index contributed by atoms with van der Waals surface area (Å²) in [4.78, 5) is 12.6. The van der Waals surface area contributed by atoms with Gasteiger partial charge in [0.25, 0.3) is 0 Å². The zero-order valence-electron chi connectivity index (χ0n) is 19.3. The Morgan fingerprint density at radius 1 is 1.03 bits per heavy atom. The number of nitrogens with zero attached hydrogens (tertiary/aromatic N) is 4. The van der Waals surface area contributed by atoms with E-state index in [2.05, 4.69) is 25.9 Å². The fourth-order valence-corrected chi connectivity index (χ4v) is 3.68. The van der Waals surface area contributed by atoms with E-state index in [-0.39, 0.29) is 19.1 Å². The first-order valence-corrected chi connectivity index (χ1v) is 11.0. The van der Waals surface area contributed by atoms with Gasteiger partial charge in [0, 0.05) is 25.5 Å². The van der Waals surface area contributed by atoms with Crippen LogP contribution in [0.5, 0.6) is 23.0 Å². The largest absolute Gasteiger partial charge is 0.497 e. The molecular weight excluding hydrogens is 452 g/mol. The molecule has 5 rings (SSSR count). The maximum Gasteiger partial charge on any atom is 0.231 e. The predicted molar refractivity (Wildman–Crippen MR) is 127 cm³/mol. The molecule has 0 bridgehead atoms. The minimum Gasteiger partial charge on any atom is -0.497 e. The first-order valence-electron chi connectivity index (χ1n) is 11.0. The molecule has 2 N–H and O–H groups in total. The molecule has 0 radical (unpaired) electrons. The quantitative estimate of drug-likeness (QED) is 0.375. The van der Waals surface area contributed by atoms with Crippen molar-refractivity contribution < 1.29 is 23.7 Å². The Labute approximate surface area is 201 Å². The van der Waals surface area contributed by atoms with Crippen molar-refractivity contribution in [3.05, 3.63) is 59.9 Å². The molecule has 1 amide bonds. The van der Waals surface area contributed by atoms with Crippen LogP contribution >= 0.6 is 0 Å². The molecule has 11 heteroatoms. The van der Waals surface area contributed by atoms with E-state index in [0.717, 1.165) is 17.1 Å². The van der Waals surface area contributed by atoms with Crippen LogP contribution in [0.1, 0.15) is 17.8 Å². The van der Waals surface area contributed by atoms with Crippen LogP contribution in [-0.2, 0) is 17.8 Å². The van der Waals surface area contributed by atoms with Gasteiger partial charge in [-0.15, -0.1) is 15.3 Å². The molecule has 0 fully saturated rings. The van der Waals surface area contributed by atoms with E-state index < -0.39 is 0 Å². The standard InChI is InChI=1S/C24H24N6O5/c1-32-16-4-6-18(33-2)17(12-16)26-24(31)10-9-23-28-27-22-8-7-21(29-30(22)23)25-13-15-3-5-19-20(11-15)35-14-34-19/h3-8,11-12H,9-10,13-14H2,1-2H3,(H,25,29)(H,26,31). The molecule has 35 heavy (non-hydrogen) atoms. The van der Waals surface area contributed by atoms with E-state index in [1.807, 2.05) is 30.3 Å². The van der Waals surface area contributed by atoms with Gasteiger partial charge >= 0.3 is 0 Å². The van der Waals surface area contributed by atoms with E-state index in [1.165, 1.54) is 0 Å². The normalized spacial score (nSPS) is 11.9. The summed E-state index contributed by atoms with van der Waals surface area (Å²) in [6.45, 7) is 0.795. The van der Waals surface area contributed by atoms with E-state index in [1.54, 1.807) is 36.9 Å². The number of methoxy groups -OCH3 is 2. The number of fused-ring (bicyclic) bond motifs is 2. The molecular formula is C24H24N6O5. The highest BCUT2D eigenvalue weighted by atomic mass is 16.7. The Morgan fingerprint density at radius 3 is 2.77 bits per heavy atom. The van der Waals surface area contributed by atoms with E-state index >= 15 is 0 Å². The van der Waals surface area contributed by atoms with Crippen molar-refractivity contribution in [3.8, 4) is 23.0 Å². The molecule has 0 atom stereocenters. The van der Waals surface area contributed by atoms with Gasteiger partial charge < -0.3 is 29.6 Å². The third-order valence-electron chi connectivity index (χ3n) is 5.49. The molecule has 0 saturated heterocycles. The predicted octanol–water partition coefficient (Wildman–Crippen LogP) is 3.05. The molecule has 0 unspecified atom stereocenters. The maximum atomic E-state index is 12.6. The topological polar surface area (TPSA) is 121 Å². The first-order chi connectivity index (χ1) is 17.1. The van der Waals surface area contributed by atoms with E-state index in [0.29, 0.717) is 47.4 Å². The summed E-state index contributed by atoms with van der Waals surface area (Å²) in [6, 6.07) is 14.7. The molecule has 180 valence electrons. The van der Waals surface area contributed by atoms with Gasteiger partial charge in [-0.1, -0.05) is 6.07 Å². The lowest BCUT2D eigenvalue weighted by atomic mass is 10.2. The fraction of sp³-hybridized carbons (Fsp3) is 0.250. The van der Waals surface area contributed by atoms with Crippen LogP contribution in [0.2, 0.25) is 0 Å². The van der Waals surface area contributed by atoms with Gasteiger partial charge in [-0.2, -0.15) is 4.52 Å². The molecule has 0 saturated carbocycles. The number of rotatable bonds is 9. The zero-order valence-corrected chi connectivity index (χ0v) is 19.3. The smallest absolute Gasteiger partial charge is 0.231 e. The van der Waals surface area contributed by atoms with E-state index in [9.17, 15) is 4.79 Å². The molecule has 4 aromatic rings. The lowest BCUT2D eigenvalue weighted by Gasteiger charge is -2.11. The van der Waals surface area contributed by atoms with Gasteiger partial charge in [0.15, 0.2) is 23.0 Å². The minimum atomic E-state index is -0.189. The van der Waals surface area contributed by atoms with Crippen molar-refractivity contribution in [2.24, 2.45) is 0 Å². The second-order valence-corrected chi connectivity index (χ2v) is 7.76. The number of anilines is 2. The zero-order chi connectivity index (χ0) is 24.2. The van der Waals surface area contributed by atoms with Crippen molar-refractivity contribution in [2.45, 2.75) is 19.4 Å². The molecule has 1 aliphatic heterocycles. The van der Waals surface area contributed by atoms with Gasteiger partial charge in [0.2, 0.25) is 12.7 Å². The van der Waals surface area contributed by atoms with Crippen LogP contribution in [0, 0.1) is 0 Å². The van der Waals surface area contributed by atoms with Crippen molar-refractivity contribution in [2.75, 3.05) is 31.6 Å².